The second kappa shape index (κ2) is 10.7. The van der Waals surface area contributed by atoms with E-state index >= 15 is 0 Å². The molecular formula is C24H24BrN3O5S. The van der Waals surface area contributed by atoms with Gasteiger partial charge in [-0.15, -0.1) is 0 Å². The summed E-state index contributed by atoms with van der Waals surface area (Å²) in [5.41, 5.74) is 5.04. The number of phenolic OH excluding ortho intramolecular Hbond substituents is 1. The molecule has 0 saturated carbocycles. The molecule has 0 aliphatic heterocycles. The Bertz CT molecular complexity index is 1320. The van der Waals surface area contributed by atoms with Crippen LogP contribution in [0, 0.1) is 13.8 Å². The maximum atomic E-state index is 13.4. The molecule has 178 valence electrons. The number of aromatic hydroxyl groups is 1. The minimum absolute atomic E-state index is 0.0567. The van der Waals surface area contributed by atoms with Crippen LogP contribution in [-0.4, -0.2) is 39.3 Å². The van der Waals surface area contributed by atoms with E-state index in [9.17, 15) is 18.3 Å². The fourth-order valence-corrected chi connectivity index (χ4v) is 4.98. The standard InChI is InChI=1S/C24H24BrN3O5S/c1-16-7-9-20(10-8-16)34(31,32)28(19-6-4-5-17(2)11-19)15-23(29)27-26-14-18-12-21(25)24(30)22(13-18)33-3/h4-14,30H,15H2,1-3H3,(H,27,29)/b26-14-. The van der Waals surface area contributed by atoms with Crippen LogP contribution in [0.5, 0.6) is 11.5 Å². The third-order valence-corrected chi connectivity index (χ3v) is 7.25. The van der Waals surface area contributed by atoms with E-state index in [0.29, 0.717) is 15.7 Å². The molecule has 1 amide bonds. The van der Waals surface area contributed by atoms with E-state index in [0.717, 1.165) is 15.4 Å². The lowest BCUT2D eigenvalue weighted by molar-refractivity contribution is -0.119. The Morgan fingerprint density at radius 2 is 1.82 bits per heavy atom. The van der Waals surface area contributed by atoms with Crippen LogP contribution in [-0.2, 0) is 14.8 Å². The molecule has 0 aliphatic rings. The van der Waals surface area contributed by atoms with Crippen molar-refractivity contribution in [1.29, 1.82) is 0 Å². The van der Waals surface area contributed by atoms with E-state index in [1.165, 1.54) is 31.5 Å². The molecular weight excluding hydrogens is 522 g/mol. The Hall–Kier alpha value is -3.37. The van der Waals surface area contributed by atoms with Crippen molar-refractivity contribution in [1.82, 2.24) is 5.43 Å². The lowest BCUT2D eigenvalue weighted by Crippen LogP contribution is -2.39. The molecule has 0 fully saturated rings. The molecule has 0 unspecified atom stereocenters. The molecule has 0 aromatic heterocycles. The van der Waals surface area contributed by atoms with Crippen LogP contribution in [0.1, 0.15) is 16.7 Å². The fraction of sp³-hybridized carbons (Fsp3) is 0.167. The largest absolute Gasteiger partial charge is 0.503 e. The van der Waals surface area contributed by atoms with Gasteiger partial charge in [-0.2, -0.15) is 5.10 Å². The molecule has 0 atom stereocenters. The number of hydrogen-bond donors (Lipinski definition) is 2. The van der Waals surface area contributed by atoms with Gasteiger partial charge in [0.2, 0.25) is 0 Å². The highest BCUT2D eigenvalue weighted by Gasteiger charge is 2.27. The van der Waals surface area contributed by atoms with Gasteiger partial charge in [-0.25, -0.2) is 13.8 Å². The quantitative estimate of drug-likeness (QED) is 0.327. The highest BCUT2D eigenvalue weighted by molar-refractivity contribution is 9.10. The van der Waals surface area contributed by atoms with Crippen LogP contribution in [0.3, 0.4) is 0 Å². The number of aryl methyl sites for hydroxylation is 2. The molecule has 0 spiro atoms. The van der Waals surface area contributed by atoms with Gasteiger partial charge in [0.1, 0.15) is 6.54 Å². The van der Waals surface area contributed by atoms with Crippen molar-refractivity contribution >= 4 is 43.8 Å². The van der Waals surface area contributed by atoms with E-state index in [-0.39, 0.29) is 16.4 Å². The van der Waals surface area contributed by atoms with E-state index < -0.39 is 22.5 Å². The van der Waals surface area contributed by atoms with E-state index in [4.69, 9.17) is 4.74 Å². The summed E-state index contributed by atoms with van der Waals surface area (Å²) in [6.45, 7) is 3.23. The Labute approximate surface area is 207 Å². The van der Waals surface area contributed by atoms with Gasteiger partial charge < -0.3 is 9.84 Å². The minimum Gasteiger partial charge on any atom is -0.503 e. The molecule has 34 heavy (non-hydrogen) atoms. The zero-order valence-corrected chi connectivity index (χ0v) is 21.2. The first-order valence-electron chi connectivity index (χ1n) is 10.2. The summed E-state index contributed by atoms with van der Waals surface area (Å²) in [6.07, 6.45) is 1.36. The van der Waals surface area contributed by atoms with Gasteiger partial charge >= 0.3 is 0 Å². The van der Waals surface area contributed by atoms with E-state index in [2.05, 4.69) is 26.5 Å². The second-order valence-electron chi connectivity index (χ2n) is 7.51. The number of sulfonamides is 1. The minimum atomic E-state index is -4.01. The van der Waals surface area contributed by atoms with E-state index in [1.807, 2.05) is 19.9 Å². The summed E-state index contributed by atoms with van der Waals surface area (Å²) in [4.78, 5) is 12.8. The fourth-order valence-electron chi connectivity index (χ4n) is 3.10. The smallest absolute Gasteiger partial charge is 0.264 e. The predicted molar refractivity (Wildman–Crippen MR) is 135 cm³/mol. The number of hydrazone groups is 1. The number of carbonyl (C=O) groups is 1. The molecule has 0 aliphatic carbocycles. The number of ether oxygens (including phenoxy) is 1. The van der Waals surface area contributed by atoms with Crippen LogP contribution in [0.4, 0.5) is 5.69 Å². The number of hydrogen-bond acceptors (Lipinski definition) is 6. The zero-order chi connectivity index (χ0) is 24.9. The van der Waals surface area contributed by atoms with Crippen LogP contribution in [0.25, 0.3) is 0 Å². The Morgan fingerprint density at radius 3 is 2.47 bits per heavy atom. The molecule has 3 aromatic carbocycles. The third kappa shape index (κ3) is 5.95. The van der Waals surface area contributed by atoms with Gasteiger partial charge in [0, 0.05) is 0 Å². The number of nitrogens with zero attached hydrogens (tertiary/aromatic N) is 2. The monoisotopic (exact) mass is 545 g/mol. The first-order valence-corrected chi connectivity index (χ1v) is 12.4. The number of anilines is 1. The molecule has 0 radical (unpaired) electrons. The maximum absolute atomic E-state index is 13.4. The molecule has 2 N–H and O–H groups in total. The van der Waals surface area contributed by atoms with Crippen molar-refractivity contribution in [3.8, 4) is 11.5 Å². The topological polar surface area (TPSA) is 108 Å². The van der Waals surface area contributed by atoms with Gasteiger partial charge in [0.25, 0.3) is 15.9 Å². The Balaban J connectivity index is 1.84. The van der Waals surface area contributed by atoms with Crippen LogP contribution in [0.15, 0.2) is 75.1 Å². The van der Waals surface area contributed by atoms with Crippen molar-refractivity contribution in [3.63, 3.8) is 0 Å². The normalized spacial score (nSPS) is 11.4. The number of methoxy groups -OCH3 is 1. The number of phenols is 1. The average Bonchev–Trinajstić information content (AvgIpc) is 2.79. The Morgan fingerprint density at radius 1 is 1.12 bits per heavy atom. The van der Waals surface area contributed by atoms with Crippen LogP contribution in [0.2, 0.25) is 0 Å². The summed E-state index contributed by atoms with van der Waals surface area (Å²) >= 11 is 3.22. The molecule has 0 bridgehead atoms. The number of benzene rings is 3. The van der Waals surface area contributed by atoms with Crippen molar-refractivity contribution in [2.24, 2.45) is 5.10 Å². The highest BCUT2D eigenvalue weighted by Crippen LogP contribution is 2.34. The van der Waals surface area contributed by atoms with E-state index in [1.54, 1.807) is 36.4 Å². The zero-order valence-electron chi connectivity index (χ0n) is 18.8. The van der Waals surface area contributed by atoms with Gasteiger partial charge in [-0.3, -0.25) is 9.10 Å². The number of halogens is 1. The summed E-state index contributed by atoms with van der Waals surface area (Å²) < 4.78 is 33.3. The maximum Gasteiger partial charge on any atom is 0.264 e. The van der Waals surface area contributed by atoms with Gasteiger partial charge in [0.05, 0.1) is 28.4 Å². The summed E-state index contributed by atoms with van der Waals surface area (Å²) in [7, 11) is -2.59. The summed E-state index contributed by atoms with van der Waals surface area (Å²) in [5.74, 6) is -0.450. The molecule has 0 heterocycles. The lowest BCUT2D eigenvalue weighted by atomic mass is 10.2. The first-order chi connectivity index (χ1) is 16.1. The second-order valence-corrected chi connectivity index (χ2v) is 10.2. The number of amides is 1. The highest BCUT2D eigenvalue weighted by atomic mass is 79.9. The summed E-state index contributed by atoms with van der Waals surface area (Å²) in [5, 5.41) is 13.8. The van der Waals surface area contributed by atoms with Gasteiger partial charge in [-0.05, 0) is 77.3 Å². The average molecular weight is 546 g/mol. The predicted octanol–water partition coefficient (Wildman–Crippen LogP) is 4.13. The number of rotatable bonds is 8. The van der Waals surface area contributed by atoms with Crippen molar-refractivity contribution in [3.05, 3.63) is 81.8 Å². The van der Waals surface area contributed by atoms with Crippen LogP contribution >= 0.6 is 15.9 Å². The van der Waals surface area contributed by atoms with Crippen molar-refractivity contribution in [2.75, 3.05) is 18.0 Å². The van der Waals surface area contributed by atoms with Gasteiger partial charge in [-0.1, -0.05) is 29.8 Å². The SMILES string of the molecule is COc1cc(/C=N\NC(=O)CN(c2cccc(C)c2)S(=O)(=O)c2ccc(C)cc2)cc(Br)c1O. The Kier molecular flexibility index (Phi) is 7.95. The number of carbonyl (C=O) groups excluding carboxylic acids is 1. The molecule has 10 heteroatoms. The number of nitrogens with one attached hydrogen (secondary N) is 1. The molecule has 3 aromatic rings. The molecule has 3 rings (SSSR count). The summed E-state index contributed by atoms with van der Waals surface area (Å²) in [6, 6.07) is 16.5. The third-order valence-electron chi connectivity index (χ3n) is 4.86. The van der Waals surface area contributed by atoms with Gasteiger partial charge in [0.15, 0.2) is 11.5 Å². The lowest BCUT2D eigenvalue weighted by Gasteiger charge is -2.24. The van der Waals surface area contributed by atoms with Crippen molar-refractivity contribution < 1.29 is 23.1 Å². The molecule has 0 saturated heterocycles. The van der Waals surface area contributed by atoms with Crippen molar-refractivity contribution in [2.45, 2.75) is 18.7 Å². The first kappa shape index (κ1) is 25.3. The molecule has 8 nitrogen and oxygen atoms in total. The van der Waals surface area contributed by atoms with Crippen LogP contribution < -0.4 is 14.5 Å².